The molecule has 0 aliphatic carbocycles. The number of hydrogen-bond donors (Lipinski definition) is 4. The van der Waals surface area contributed by atoms with E-state index in [0.29, 0.717) is 18.0 Å². The second-order valence-electron chi connectivity index (χ2n) is 6.47. The van der Waals surface area contributed by atoms with Crippen LogP contribution in [-0.2, 0) is 9.59 Å². The van der Waals surface area contributed by atoms with Crippen molar-refractivity contribution in [3.63, 3.8) is 0 Å². The number of phenolic OH excluding ortho intramolecular Hbond substituents is 2. The molecule has 3 rings (SSSR count). The monoisotopic (exact) mass is 385 g/mol. The summed E-state index contributed by atoms with van der Waals surface area (Å²) in [5.41, 5.74) is 0.820. The largest absolute Gasteiger partial charge is 0.504 e. The van der Waals surface area contributed by atoms with Gasteiger partial charge in [0.25, 0.3) is 5.91 Å². The lowest BCUT2D eigenvalue weighted by atomic mass is 10.1. The first-order valence-electron chi connectivity index (χ1n) is 9.08. The zero-order chi connectivity index (χ0) is 20.1. The van der Waals surface area contributed by atoms with Crippen molar-refractivity contribution in [1.29, 1.82) is 0 Å². The van der Waals surface area contributed by atoms with E-state index in [1.165, 1.54) is 18.2 Å². The number of nitrogens with one attached hydrogen (secondary N) is 2. The fraction of sp³-hybridized carbons (Fsp3) is 0.300. The molecule has 8 nitrogen and oxygen atoms in total. The van der Waals surface area contributed by atoms with Crippen LogP contribution in [0.25, 0.3) is 0 Å². The molecule has 1 aliphatic rings. The van der Waals surface area contributed by atoms with Crippen LogP contribution in [0, 0.1) is 0 Å². The molecular weight excluding hydrogens is 362 g/mol. The van der Waals surface area contributed by atoms with Gasteiger partial charge in [-0.2, -0.15) is 0 Å². The number of fused-ring (bicyclic) bond motifs is 1. The third-order valence-electron chi connectivity index (χ3n) is 4.33. The third-order valence-corrected chi connectivity index (χ3v) is 4.33. The lowest BCUT2D eigenvalue weighted by Gasteiger charge is -2.35. The van der Waals surface area contributed by atoms with Gasteiger partial charge >= 0.3 is 0 Å². The number of benzene rings is 2. The molecule has 0 radical (unpaired) electrons. The summed E-state index contributed by atoms with van der Waals surface area (Å²) in [6, 6.07) is 11.5. The maximum atomic E-state index is 12.5. The predicted octanol–water partition coefficient (Wildman–Crippen LogP) is 1.83. The van der Waals surface area contributed by atoms with Gasteiger partial charge in [0.05, 0.1) is 24.5 Å². The number of para-hydroxylation sites is 3. The van der Waals surface area contributed by atoms with E-state index in [9.17, 15) is 19.8 Å². The first kappa shape index (κ1) is 19.3. The van der Waals surface area contributed by atoms with Crippen LogP contribution in [-0.4, -0.2) is 47.8 Å². The van der Waals surface area contributed by atoms with Crippen molar-refractivity contribution in [2.45, 2.75) is 19.4 Å². The molecular formula is C20H23N3O5. The van der Waals surface area contributed by atoms with Gasteiger partial charge in [0.1, 0.15) is 5.75 Å². The Labute approximate surface area is 162 Å². The molecule has 0 saturated heterocycles. The van der Waals surface area contributed by atoms with Gasteiger partial charge in [-0.15, -0.1) is 0 Å². The lowest BCUT2D eigenvalue weighted by molar-refractivity contribution is -0.128. The molecule has 2 aromatic carbocycles. The number of ether oxygens (including phenoxy) is 1. The predicted molar refractivity (Wildman–Crippen MR) is 105 cm³/mol. The molecule has 1 heterocycles. The van der Waals surface area contributed by atoms with Gasteiger partial charge in [-0.1, -0.05) is 25.1 Å². The molecule has 8 heteroatoms. The average molecular weight is 385 g/mol. The van der Waals surface area contributed by atoms with Crippen molar-refractivity contribution in [3.05, 3.63) is 42.5 Å². The van der Waals surface area contributed by atoms with Crippen LogP contribution in [0.15, 0.2) is 42.5 Å². The Morgan fingerprint density at radius 1 is 1.18 bits per heavy atom. The van der Waals surface area contributed by atoms with Crippen molar-refractivity contribution in [1.82, 2.24) is 5.32 Å². The Hall–Kier alpha value is -3.42. The van der Waals surface area contributed by atoms with E-state index >= 15 is 0 Å². The van der Waals surface area contributed by atoms with E-state index in [1.807, 2.05) is 19.1 Å². The van der Waals surface area contributed by atoms with Gasteiger partial charge in [-0.3, -0.25) is 9.59 Å². The van der Waals surface area contributed by atoms with E-state index in [-0.39, 0.29) is 30.4 Å². The van der Waals surface area contributed by atoms with Crippen molar-refractivity contribution in [2.75, 3.05) is 29.9 Å². The summed E-state index contributed by atoms with van der Waals surface area (Å²) in [5.74, 6) is -0.812. The van der Waals surface area contributed by atoms with E-state index in [1.54, 1.807) is 17.0 Å². The second kappa shape index (κ2) is 8.51. The average Bonchev–Trinajstić information content (AvgIpc) is 2.69. The summed E-state index contributed by atoms with van der Waals surface area (Å²) in [7, 11) is 0. The van der Waals surface area contributed by atoms with Crippen LogP contribution < -0.4 is 20.3 Å². The molecule has 4 N–H and O–H groups in total. The molecule has 0 spiro atoms. The van der Waals surface area contributed by atoms with Gasteiger partial charge in [0.15, 0.2) is 17.6 Å². The zero-order valence-electron chi connectivity index (χ0n) is 15.5. The highest BCUT2D eigenvalue weighted by molar-refractivity contribution is 5.96. The molecule has 28 heavy (non-hydrogen) atoms. The number of anilines is 2. The van der Waals surface area contributed by atoms with Crippen LogP contribution in [0.5, 0.6) is 17.2 Å². The molecule has 1 atom stereocenters. The number of carbonyl (C=O) groups is 2. The van der Waals surface area contributed by atoms with E-state index in [4.69, 9.17) is 4.74 Å². The van der Waals surface area contributed by atoms with Crippen LogP contribution in [0.3, 0.4) is 0 Å². The fourth-order valence-electron chi connectivity index (χ4n) is 2.95. The molecule has 148 valence electrons. The normalized spacial score (nSPS) is 15.3. The van der Waals surface area contributed by atoms with Crippen molar-refractivity contribution in [2.24, 2.45) is 0 Å². The van der Waals surface area contributed by atoms with E-state index < -0.39 is 17.8 Å². The van der Waals surface area contributed by atoms with Crippen LogP contribution in [0.1, 0.15) is 13.3 Å². The Morgan fingerprint density at radius 2 is 1.96 bits per heavy atom. The summed E-state index contributed by atoms with van der Waals surface area (Å²) < 4.78 is 5.80. The Bertz CT molecular complexity index is 871. The standard InChI is InChI=1S/C20H23N3O5/c1-2-10-21-20(27)17-11-23(14-7-3-4-9-16(14)28-17)12-18(25)22-13-6-5-8-15(24)19(13)26/h3-9,17,24,26H,2,10-12H2,1H3,(H,21,27)(H,22,25). The molecule has 2 aromatic rings. The smallest absolute Gasteiger partial charge is 0.262 e. The maximum Gasteiger partial charge on any atom is 0.262 e. The second-order valence-corrected chi connectivity index (χ2v) is 6.47. The van der Waals surface area contributed by atoms with Crippen LogP contribution in [0.4, 0.5) is 11.4 Å². The number of phenols is 2. The van der Waals surface area contributed by atoms with E-state index in [2.05, 4.69) is 10.6 Å². The zero-order valence-corrected chi connectivity index (χ0v) is 15.5. The SMILES string of the molecule is CCCNC(=O)C1CN(CC(=O)Nc2cccc(O)c2O)c2ccccc2O1. The summed E-state index contributed by atoms with van der Waals surface area (Å²) in [5, 5.41) is 24.8. The molecule has 0 fully saturated rings. The number of hydrogen-bond acceptors (Lipinski definition) is 6. The number of carbonyl (C=O) groups excluding carboxylic acids is 2. The summed E-state index contributed by atoms with van der Waals surface area (Å²) in [4.78, 5) is 26.6. The first-order valence-corrected chi connectivity index (χ1v) is 9.08. The minimum absolute atomic E-state index is 0.0486. The number of amides is 2. The highest BCUT2D eigenvalue weighted by atomic mass is 16.5. The highest BCUT2D eigenvalue weighted by Crippen LogP contribution is 2.34. The van der Waals surface area contributed by atoms with Gasteiger partial charge in [0, 0.05) is 6.54 Å². The minimum Gasteiger partial charge on any atom is -0.504 e. The Kier molecular flexibility index (Phi) is 5.88. The maximum absolute atomic E-state index is 12.5. The first-order chi connectivity index (χ1) is 13.5. The van der Waals surface area contributed by atoms with Gasteiger partial charge in [-0.05, 0) is 30.7 Å². The Morgan fingerprint density at radius 3 is 2.75 bits per heavy atom. The number of rotatable bonds is 6. The molecule has 0 saturated carbocycles. The summed E-state index contributed by atoms with van der Waals surface area (Å²) in [6.45, 7) is 2.68. The summed E-state index contributed by atoms with van der Waals surface area (Å²) in [6.07, 6.45) is 0.0811. The Balaban J connectivity index is 1.74. The third kappa shape index (κ3) is 4.28. The van der Waals surface area contributed by atoms with Gasteiger partial charge < -0.3 is 30.5 Å². The van der Waals surface area contributed by atoms with Gasteiger partial charge in [0.2, 0.25) is 5.91 Å². The topological polar surface area (TPSA) is 111 Å². The molecule has 0 bridgehead atoms. The number of aromatic hydroxyl groups is 2. The molecule has 1 unspecified atom stereocenters. The molecule has 1 aliphatic heterocycles. The number of nitrogens with zero attached hydrogens (tertiary/aromatic N) is 1. The van der Waals surface area contributed by atoms with E-state index in [0.717, 1.165) is 6.42 Å². The quantitative estimate of drug-likeness (QED) is 0.565. The highest BCUT2D eigenvalue weighted by Gasteiger charge is 2.31. The lowest BCUT2D eigenvalue weighted by Crippen LogP contribution is -2.50. The van der Waals surface area contributed by atoms with Crippen LogP contribution in [0.2, 0.25) is 0 Å². The van der Waals surface area contributed by atoms with Crippen LogP contribution >= 0.6 is 0 Å². The molecule has 0 aromatic heterocycles. The fourth-order valence-corrected chi connectivity index (χ4v) is 2.95. The van der Waals surface area contributed by atoms with Gasteiger partial charge in [-0.25, -0.2) is 0 Å². The van der Waals surface area contributed by atoms with Crippen molar-refractivity contribution < 1.29 is 24.5 Å². The minimum atomic E-state index is -0.733. The summed E-state index contributed by atoms with van der Waals surface area (Å²) >= 11 is 0. The van der Waals surface area contributed by atoms with Crippen molar-refractivity contribution in [3.8, 4) is 17.2 Å². The molecule has 2 amide bonds. The van der Waals surface area contributed by atoms with Crippen molar-refractivity contribution >= 4 is 23.2 Å².